The maximum atomic E-state index is 11.2. The summed E-state index contributed by atoms with van der Waals surface area (Å²) in [7, 11) is 0. The lowest BCUT2D eigenvalue weighted by molar-refractivity contribution is -0.138. The number of hydrogen-bond donors (Lipinski definition) is 2. The number of amides is 1. The summed E-state index contributed by atoms with van der Waals surface area (Å²) in [6, 6.07) is 0. The van der Waals surface area contributed by atoms with Gasteiger partial charge >= 0.3 is 5.97 Å². The lowest BCUT2D eigenvalue weighted by atomic mass is 10.1. The molecule has 0 bridgehead atoms. The summed E-state index contributed by atoms with van der Waals surface area (Å²) in [6.07, 6.45) is 1.69. The topological polar surface area (TPSA) is 94.1 Å². The molecule has 1 amide bonds. The molecule has 0 heterocycles. The normalized spacial score (nSPS) is 12.1. The minimum absolute atomic E-state index is 0.0170. The van der Waals surface area contributed by atoms with Crippen molar-refractivity contribution in [1.82, 2.24) is 5.32 Å². The van der Waals surface area contributed by atoms with Gasteiger partial charge in [0.2, 0.25) is 5.91 Å². The lowest BCUT2D eigenvalue weighted by Crippen LogP contribution is -2.25. The summed E-state index contributed by atoms with van der Waals surface area (Å²) < 4.78 is 16.2. The highest BCUT2D eigenvalue weighted by molar-refractivity contribution is 5.80. The van der Waals surface area contributed by atoms with Gasteiger partial charge in [-0.05, 0) is 12.3 Å². The van der Waals surface area contributed by atoms with E-state index in [1.165, 1.54) is 0 Å². The van der Waals surface area contributed by atoms with E-state index in [4.69, 9.17) is 19.3 Å². The second-order valence-corrected chi connectivity index (χ2v) is 5.41. The molecular formula is C16H31NO6. The van der Waals surface area contributed by atoms with Gasteiger partial charge in [0.1, 0.15) is 0 Å². The average molecular weight is 333 g/mol. The van der Waals surface area contributed by atoms with Crippen LogP contribution in [0.1, 0.15) is 39.5 Å². The summed E-state index contributed by atoms with van der Waals surface area (Å²) in [6.45, 7) is 8.30. The number of rotatable bonds is 16. The first kappa shape index (κ1) is 21.8. The zero-order valence-corrected chi connectivity index (χ0v) is 14.3. The molecule has 0 spiro atoms. The van der Waals surface area contributed by atoms with Gasteiger partial charge in [0.25, 0.3) is 0 Å². The van der Waals surface area contributed by atoms with Gasteiger partial charge in [-0.25, -0.2) is 0 Å². The second-order valence-electron chi connectivity index (χ2n) is 5.41. The van der Waals surface area contributed by atoms with Gasteiger partial charge in [-0.1, -0.05) is 20.3 Å². The highest BCUT2D eigenvalue weighted by atomic mass is 16.5. The van der Waals surface area contributed by atoms with E-state index in [-0.39, 0.29) is 18.7 Å². The van der Waals surface area contributed by atoms with E-state index in [0.29, 0.717) is 51.9 Å². The van der Waals surface area contributed by atoms with Crippen molar-refractivity contribution in [3.8, 4) is 0 Å². The molecule has 0 saturated carbocycles. The number of hydrogen-bond acceptors (Lipinski definition) is 5. The molecule has 0 aliphatic carbocycles. The molecule has 0 aromatic carbocycles. The number of aliphatic carboxylic acids is 1. The molecular weight excluding hydrogens is 302 g/mol. The molecule has 7 heteroatoms. The number of carboxylic acid groups (broad SMARTS) is 1. The Hall–Kier alpha value is -1.18. The Bertz CT molecular complexity index is 311. The third-order valence-corrected chi connectivity index (χ3v) is 3.20. The average Bonchev–Trinajstić information content (AvgIpc) is 2.53. The van der Waals surface area contributed by atoms with Crippen molar-refractivity contribution in [2.75, 3.05) is 46.2 Å². The molecule has 0 rings (SSSR count). The van der Waals surface area contributed by atoms with Gasteiger partial charge in [-0.3, -0.25) is 9.59 Å². The van der Waals surface area contributed by atoms with E-state index in [9.17, 15) is 9.59 Å². The Labute approximate surface area is 138 Å². The van der Waals surface area contributed by atoms with E-state index >= 15 is 0 Å². The highest BCUT2D eigenvalue weighted by Crippen LogP contribution is 1.99. The molecule has 1 atom stereocenters. The molecule has 0 aromatic rings. The molecule has 0 saturated heterocycles. The Morgan fingerprint density at radius 1 is 1.00 bits per heavy atom. The van der Waals surface area contributed by atoms with Crippen LogP contribution in [0, 0.1) is 5.92 Å². The van der Waals surface area contributed by atoms with Crippen molar-refractivity contribution in [3.05, 3.63) is 0 Å². The van der Waals surface area contributed by atoms with Crippen molar-refractivity contribution in [2.24, 2.45) is 5.92 Å². The number of carbonyl (C=O) groups excluding carboxylic acids is 1. The fourth-order valence-electron chi connectivity index (χ4n) is 1.55. The van der Waals surface area contributed by atoms with E-state index in [2.05, 4.69) is 19.2 Å². The minimum atomic E-state index is -0.964. The van der Waals surface area contributed by atoms with Crippen molar-refractivity contribution < 1.29 is 28.9 Å². The third kappa shape index (κ3) is 17.0. The molecule has 2 N–H and O–H groups in total. The van der Waals surface area contributed by atoms with Gasteiger partial charge in [0.05, 0.1) is 32.8 Å². The van der Waals surface area contributed by atoms with Crippen LogP contribution in [-0.2, 0) is 23.8 Å². The van der Waals surface area contributed by atoms with Crippen LogP contribution in [0.5, 0.6) is 0 Å². The van der Waals surface area contributed by atoms with Gasteiger partial charge in [-0.15, -0.1) is 0 Å². The Morgan fingerprint density at radius 3 is 2.22 bits per heavy atom. The molecule has 0 aliphatic rings. The maximum Gasteiger partial charge on any atom is 0.303 e. The van der Waals surface area contributed by atoms with Crippen LogP contribution in [0.3, 0.4) is 0 Å². The lowest BCUT2D eigenvalue weighted by Gasteiger charge is -2.10. The van der Waals surface area contributed by atoms with Crippen LogP contribution >= 0.6 is 0 Å². The number of nitrogens with one attached hydrogen (secondary N) is 1. The molecule has 1 unspecified atom stereocenters. The molecule has 136 valence electrons. The standard InChI is InChI=1S/C16H31NO6/c1-3-14(2)13-23-12-11-22-10-9-21-8-4-7-17-15(18)5-6-16(19)20/h14H,3-13H2,1-2H3,(H,17,18)(H,19,20). The predicted octanol–water partition coefficient (Wildman–Crippen LogP) is 1.45. The quantitative estimate of drug-likeness (QED) is 0.415. The van der Waals surface area contributed by atoms with Crippen molar-refractivity contribution >= 4 is 11.9 Å². The molecule has 0 fully saturated rings. The van der Waals surface area contributed by atoms with Crippen molar-refractivity contribution in [2.45, 2.75) is 39.5 Å². The largest absolute Gasteiger partial charge is 0.481 e. The summed E-state index contributed by atoms with van der Waals surface area (Å²) in [4.78, 5) is 21.5. The van der Waals surface area contributed by atoms with Gasteiger partial charge < -0.3 is 24.6 Å². The fourth-order valence-corrected chi connectivity index (χ4v) is 1.55. The third-order valence-electron chi connectivity index (χ3n) is 3.20. The number of carboxylic acids is 1. The zero-order valence-electron chi connectivity index (χ0n) is 14.3. The first-order valence-corrected chi connectivity index (χ1v) is 8.28. The number of carbonyl (C=O) groups is 2. The van der Waals surface area contributed by atoms with Crippen LogP contribution in [0.25, 0.3) is 0 Å². The predicted molar refractivity (Wildman–Crippen MR) is 86.4 cm³/mol. The molecule has 0 radical (unpaired) electrons. The van der Waals surface area contributed by atoms with Gasteiger partial charge in [-0.2, -0.15) is 0 Å². The van der Waals surface area contributed by atoms with Crippen LogP contribution in [0.2, 0.25) is 0 Å². The Balaban J connectivity index is 3.16. The van der Waals surface area contributed by atoms with Crippen LogP contribution < -0.4 is 5.32 Å². The zero-order chi connectivity index (χ0) is 17.3. The first-order chi connectivity index (χ1) is 11.1. The van der Waals surface area contributed by atoms with E-state index in [1.807, 2.05) is 0 Å². The smallest absolute Gasteiger partial charge is 0.303 e. The second kappa shape index (κ2) is 15.7. The molecule has 23 heavy (non-hydrogen) atoms. The van der Waals surface area contributed by atoms with Crippen molar-refractivity contribution in [1.29, 1.82) is 0 Å². The summed E-state index contributed by atoms with van der Waals surface area (Å²) in [5, 5.41) is 11.1. The van der Waals surface area contributed by atoms with Gasteiger partial charge in [0.15, 0.2) is 0 Å². The van der Waals surface area contributed by atoms with E-state index in [1.54, 1.807) is 0 Å². The van der Waals surface area contributed by atoms with Crippen LogP contribution in [0.15, 0.2) is 0 Å². The van der Waals surface area contributed by atoms with Crippen LogP contribution in [0.4, 0.5) is 0 Å². The van der Waals surface area contributed by atoms with Crippen molar-refractivity contribution in [3.63, 3.8) is 0 Å². The Kier molecular flexibility index (Phi) is 14.9. The molecule has 7 nitrogen and oxygen atoms in total. The highest BCUT2D eigenvalue weighted by Gasteiger charge is 2.04. The SMILES string of the molecule is CCC(C)COCCOCCOCCCNC(=O)CCC(=O)O. The fraction of sp³-hybridized carbons (Fsp3) is 0.875. The first-order valence-electron chi connectivity index (χ1n) is 8.28. The van der Waals surface area contributed by atoms with E-state index < -0.39 is 5.97 Å². The molecule has 0 aliphatic heterocycles. The summed E-state index contributed by atoms with van der Waals surface area (Å²) in [5.41, 5.74) is 0. The van der Waals surface area contributed by atoms with Crippen LogP contribution in [-0.4, -0.2) is 63.2 Å². The summed E-state index contributed by atoms with van der Waals surface area (Å²) >= 11 is 0. The van der Waals surface area contributed by atoms with Gasteiger partial charge in [0, 0.05) is 26.2 Å². The monoisotopic (exact) mass is 333 g/mol. The van der Waals surface area contributed by atoms with E-state index in [0.717, 1.165) is 13.0 Å². The maximum absolute atomic E-state index is 11.2. The Morgan fingerprint density at radius 2 is 1.61 bits per heavy atom. The summed E-state index contributed by atoms with van der Waals surface area (Å²) in [5.74, 6) is -0.621. The minimum Gasteiger partial charge on any atom is -0.481 e. The molecule has 0 aromatic heterocycles. The number of ether oxygens (including phenoxy) is 3.